The molecule has 0 atom stereocenters. The monoisotopic (exact) mass is 579 g/mol. The van der Waals surface area contributed by atoms with Gasteiger partial charge in [0, 0.05) is 24.5 Å². The van der Waals surface area contributed by atoms with Crippen molar-refractivity contribution in [1.29, 1.82) is 0 Å². The van der Waals surface area contributed by atoms with Crippen molar-refractivity contribution in [2.75, 3.05) is 26.1 Å². The van der Waals surface area contributed by atoms with Crippen LogP contribution in [0.1, 0.15) is 21.6 Å². The van der Waals surface area contributed by atoms with E-state index in [0.717, 1.165) is 23.5 Å². The van der Waals surface area contributed by atoms with Gasteiger partial charge in [0.15, 0.2) is 23.2 Å². The Balaban J connectivity index is 1.34. The quantitative estimate of drug-likeness (QED) is 0.275. The van der Waals surface area contributed by atoms with Crippen LogP contribution in [0.5, 0.6) is 11.5 Å². The van der Waals surface area contributed by atoms with E-state index < -0.39 is 17.6 Å². The molecule has 0 spiro atoms. The van der Waals surface area contributed by atoms with Gasteiger partial charge in [-0.05, 0) is 35.4 Å². The van der Waals surface area contributed by atoms with Gasteiger partial charge in [-0.15, -0.1) is 11.3 Å². The molecule has 1 saturated heterocycles. The number of carbonyl (C=O) groups excluding carboxylic acids is 2. The average molecular weight is 580 g/mol. The standard InChI is InChI=1S/C25H20F3N3O4S3/c1-31-22(33)20(38-24(31)36)11-15-6-7-18(19(10-15)34-2)35-13-21(32)30-23-29-12-17(37-23)9-14-4-3-5-16(8-14)25(26,27)28/h3-8,10-12H,9,13H2,1-2H3,(H,29,30,32)/b20-11-. The first-order valence-corrected chi connectivity index (χ1v) is 13.0. The zero-order valence-corrected chi connectivity index (χ0v) is 22.4. The van der Waals surface area contributed by atoms with Crippen molar-refractivity contribution in [2.24, 2.45) is 0 Å². The molecular weight excluding hydrogens is 559 g/mol. The highest BCUT2D eigenvalue weighted by Gasteiger charge is 2.30. The van der Waals surface area contributed by atoms with E-state index in [-0.39, 0.29) is 18.9 Å². The molecule has 1 aliphatic rings. The molecule has 0 aliphatic carbocycles. The maximum Gasteiger partial charge on any atom is 0.416 e. The Kier molecular flexibility index (Phi) is 8.38. The van der Waals surface area contributed by atoms with Crippen LogP contribution >= 0.6 is 35.3 Å². The minimum absolute atomic E-state index is 0.184. The summed E-state index contributed by atoms with van der Waals surface area (Å²) in [7, 11) is 3.07. The predicted molar refractivity (Wildman–Crippen MR) is 144 cm³/mol. The number of likely N-dealkylation sites (N-methyl/N-ethyl adjacent to an activating group) is 1. The number of aromatic nitrogens is 1. The number of hydrogen-bond acceptors (Lipinski definition) is 8. The number of benzene rings is 2. The summed E-state index contributed by atoms with van der Waals surface area (Å²) in [5.74, 6) is 0.0437. The zero-order valence-electron chi connectivity index (χ0n) is 20.0. The van der Waals surface area contributed by atoms with Crippen molar-refractivity contribution in [3.05, 3.63) is 75.1 Å². The Morgan fingerprint density at radius 3 is 2.68 bits per heavy atom. The zero-order chi connectivity index (χ0) is 27.4. The van der Waals surface area contributed by atoms with Gasteiger partial charge in [0.2, 0.25) is 0 Å². The SMILES string of the molecule is COc1cc(/C=C2\SC(=S)N(C)C2=O)ccc1OCC(=O)Nc1ncc(Cc2cccc(C(F)(F)F)c2)s1. The summed E-state index contributed by atoms with van der Waals surface area (Å²) in [5, 5.41) is 2.92. The minimum Gasteiger partial charge on any atom is -0.493 e. The maximum atomic E-state index is 12.9. The number of anilines is 1. The van der Waals surface area contributed by atoms with Crippen molar-refractivity contribution >= 4 is 62.7 Å². The lowest BCUT2D eigenvalue weighted by Crippen LogP contribution is -2.22. The molecule has 0 saturated carbocycles. The van der Waals surface area contributed by atoms with Gasteiger partial charge >= 0.3 is 6.18 Å². The second-order valence-corrected chi connectivity index (χ2v) is 10.8. The molecule has 198 valence electrons. The van der Waals surface area contributed by atoms with Crippen LogP contribution in [-0.2, 0) is 22.2 Å². The normalized spacial score (nSPS) is 14.8. The lowest BCUT2D eigenvalue weighted by Gasteiger charge is -2.11. The lowest BCUT2D eigenvalue weighted by molar-refractivity contribution is -0.137. The van der Waals surface area contributed by atoms with E-state index in [4.69, 9.17) is 21.7 Å². The molecule has 0 bridgehead atoms. The van der Waals surface area contributed by atoms with E-state index in [1.165, 1.54) is 36.0 Å². The van der Waals surface area contributed by atoms with Crippen molar-refractivity contribution in [1.82, 2.24) is 9.88 Å². The molecule has 2 heterocycles. The number of hydrogen-bond donors (Lipinski definition) is 1. The first kappa shape index (κ1) is 27.6. The summed E-state index contributed by atoms with van der Waals surface area (Å²) in [5.41, 5.74) is 0.470. The second-order valence-electron chi connectivity index (χ2n) is 7.99. The number of nitrogens with one attached hydrogen (secondary N) is 1. The molecule has 13 heteroatoms. The predicted octanol–water partition coefficient (Wildman–Crippen LogP) is 5.61. The van der Waals surface area contributed by atoms with Crippen LogP contribution in [-0.4, -0.2) is 46.8 Å². The number of thiazole rings is 1. The molecule has 2 amide bonds. The van der Waals surface area contributed by atoms with Gasteiger partial charge in [0.25, 0.3) is 11.8 Å². The fourth-order valence-electron chi connectivity index (χ4n) is 3.39. The summed E-state index contributed by atoms with van der Waals surface area (Å²) in [6.07, 6.45) is -0.960. The number of carbonyl (C=O) groups is 2. The van der Waals surface area contributed by atoms with Gasteiger partial charge in [-0.25, -0.2) is 4.98 Å². The van der Waals surface area contributed by atoms with Gasteiger partial charge < -0.3 is 9.47 Å². The van der Waals surface area contributed by atoms with Crippen LogP contribution in [0.15, 0.2) is 53.6 Å². The number of nitrogens with zero attached hydrogens (tertiary/aromatic N) is 2. The Bertz CT molecular complexity index is 1420. The number of amides is 2. The highest BCUT2D eigenvalue weighted by molar-refractivity contribution is 8.26. The largest absolute Gasteiger partial charge is 0.493 e. The molecule has 2 aromatic carbocycles. The van der Waals surface area contributed by atoms with E-state index in [1.54, 1.807) is 37.4 Å². The van der Waals surface area contributed by atoms with Crippen molar-refractivity contribution in [3.8, 4) is 11.5 Å². The molecule has 1 aliphatic heterocycles. The summed E-state index contributed by atoms with van der Waals surface area (Å²) in [6, 6.07) is 10.1. The molecule has 0 radical (unpaired) electrons. The highest BCUT2D eigenvalue weighted by atomic mass is 32.2. The molecule has 7 nitrogen and oxygen atoms in total. The second kappa shape index (κ2) is 11.5. The Hall–Kier alpha value is -3.42. The highest BCUT2D eigenvalue weighted by Crippen LogP contribution is 2.34. The number of rotatable bonds is 8. The molecule has 1 aromatic heterocycles. The molecule has 3 aromatic rings. The van der Waals surface area contributed by atoms with Crippen LogP contribution < -0.4 is 14.8 Å². The molecule has 1 N–H and O–H groups in total. The number of thioether (sulfide) groups is 1. The number of halogens is 3. The van der Waals surface area contributed by atoms with E-state index in [9.17, 15) is 22.8 Å². The maximum absolute atomic E-state index is 12.9. The smallest absolute Gasteiger partial charge is 0.416 e. The van der Waals surface area contributed by atoms with Gasteiger partial charge in [-0.2, -0.15) is 13.2 Å². The Morgan fingerprint density at radius 1 is 1.21 bits per heavy atom. The Labute approximate surface area is 229 Å². The fraction of sp³-hybridized carbons (Fsp3) is 0.200. The number of alkyl halides is 3. The molecular formula is C25H20F3N3O4S3. The molecule has 38 heavy (non-hydrogen) atoms. The van der Waals surface area contributed by atoms with Gasteiger partial charge in [0.1, 0.15) is 4.32 Å². The van der Waals surface area contributed by atoms with Crippen LogP contribution in [0.3, 0.4) is 0 Å². The minimum atomic E-state index is -4.41. The van der Waals surface area contributed by atoms with Crippen LogP contribution in [0.4, 0.5) is 18.3 Å². The third kappa shape index (κ3) is 6.71. The topological polar surface area (TPSA) is 80.8 Å². The summed E-state index contributed by atoms with van der Waals surface area (Å²) < 4.78 is 50.3. The van der Waals surface area contributed by atoms with E-state index in [1.807, 2.05) is 0 Å². The first-order valence-electron chi connectivity index (χ1n) is 11.0. The molecule has 0 unspecified atom stereocenters. The van der Waals surface area contributed by atoms with E-state index in [0.29, 0.717) is 41.9 Å². The van der Waals surface area contributed by atoms with Crippen LogP contribution in [0.25, 0.3) is 6.08 Å². The number of ether oxygens (including phenoxy) is 2. The summed E-state index contributed by atoms with van der Waals surface area (Å²) in [6.45, 7) is -0.327. The van der Waals surface area contributed by atoms with Gasteiger partial charge in [-0.1, -0.05) is 48.2 Å². The third-order valence-corrected chi connectivity index (χ3v) is 7.66. The van der Waals surface area contributed by atoms with Crippen molar-refractivity contribution in [3.63, 3.8) is 0 Å². The van der Waals surface area contributed by atoms with Crippen molar-refractivity contribution in [2.45, 2.75) is 12.6 Å². The Morgan fingerprint density at radius 2 is 2.00 bits per heavy atom. The average Bonchev–Trinajstić information content (AvgIpc) is 3.41. The van der Waals surface area contributed by atoms with Crippen LogP contribution in [0, 0.1) is 0 Å². The third-order valence-electron chi connectivity index (χ3n) is 5.26. The summed E-state index contributed by atoms with van der Waals surface area (Å²) in [4.78, 5) is 31.3. The first-order chi connectivity index (χ1) is 18.0. The number of methoxy groups -OCH3 is 1. The van der Waals surface area contributed by atoms with Crippen LogP contribution in [0.2, 0.25) is 0 Å². The molecule has 1 fully saturated rings. The van der Waals surface area contributed by atoms with Crippen molar-refractivity contribution < 1.29 is 32.2 Å². The van der Waals surface area contributed by atoms with E-state index >= 15 is 0 Å². The van der Waals surface area contributed by atoms with E-state index in [2.05, 4.69) is 10.3 Å². The lowest BCUT2D eigenvalue weighted by atomic mass is 10.1. The fourth-order valence-corrected chi connectivity index (χ4v) is 5.44. The number of thiocarbonyl (C=S) groups is 1. The van der Waals surface area contributed by atoms with Gasteiger partial charge in [0.05, 0.1) is 17.6 Å². The molecule has 4 rings (SSSR count). The van der Waals surface area contributed by atoms with Gasteiger partial charge in [-0.3, -0.25) is 19.8 Å². The summed E-state index contributed by atoms with van der Waals surface area (Å²) >= 11 is 7.51.